The van der Waals surface area contributed by atoms with Gasteiger partial charge in [-0.2, -0.15) is 18.4 Å². The van der Waals surface area contributed by atoms with Crippen LogP contribution in [0.25, 0.3) is 0 Å². The number of β-amino-alcohol motifs (C(OH)–C–C–N with tert-alkyl or cyclic N) is 1. The van der Waals surface area contributed by atoms with Crippen molar-refractivity contribution in [2.45, 2.75) is 37.1 Å². The molecule has 2 aliphatic heterocycles. The number of nitriles is 1. The smallest absolute Gasteiger partial charge is 0.490 e. The summed E-state index contributed by atoms with van der Waals surface area (Å²) in [4.78, 5) is 25.5. The van der Waals surface area contributed by atoms with Crippen LogP contribution in [0.15, 0.2) is 30.3 Å². The molecule has 2 aliphatic rings. The van der Waals surface area contributed by atoms with Crippen LogP contribution in [0.2, 0.25) is 10.0 Å². The number of carbonyl (C=O) groups is 2. The molecule has 4 rings (SSSR count). The summed E-state index contributed by atoms with van der Waals surface area (Å²) in [6.45, 7) is 0.671. The van der Waals surface area contributed by atoms with Crippen molar-refractivity contribution < 1.29 is 46.8 Å². The third kappa shape index (κ3) is 7.09. The van der Waals surface area contributed by atoms with E-state index in [4.69, 9.17) is 42.7 Å². The van der Waals surface area contributed by atoms with Gasteiger partial charge in [0.25, 0.3) is 0 Å². The summed E-state index contributed by atoms with van der Waals surface area (Å²) in [7, 11) is 0. The maximum absolute atomic E-state index is 12.6. The minimum Gasteiger partial charge on any atom is -0.490 e. The Morgan fingerprint density at radius 2 is 1.88 bits per heavy atom. The quantitative estimate of drug-likeness (QED) is 0.347. The highest BCUT2D eigenvalue weighted by Crippen LogP contribution is 2.42. The number of alkyl halides is 3. The minimum atomic E-state index is -5.40. The molecule has 0 aliphatic carbocycles. The molecule has 0 saturated carbocycles. The molecule has 1 fully saturated rings. The van der Waals surface area contributed by atoms with Crippen LogP contribution in [0.3, 0.4) is 0 Å². The normalized spacial score (nSPS) is 16.9. The number of esters is 2. The van der Waals surface area contributed by atoms with E-state index in [9.17, 15) is 27.9 Å². The number of carbonyl (C=O) groups excluding carboxylic acids is 2. The van der Waals surface area contributed by atoms with Gasteiger partial charge in [0, 0.05) is 50.0 Å². The number of hydrogen-bond donors (Lipinski definition) is 1. The van der Waals surface area contributed by atoms with Gasteiger partial charge >= 0.3 is 18.1 Å². The van der Waals surface area contributed by atoms with Crippen molar-refractivity contribution in [2.24, 2.45) is 0 Å². The molecule has 14 heteroatoms. The fourth-order valence-corrected chi connectivity index (χ4v) is 5.01. The van der Waals surface area contributed by atoms with Gasteiger partial charge in [-0.1, -0.05) is 23.2 Å². The monoisotopic (exact) mass is 602 g/mol. The zero-order valence-electron chi connectivity index (χ0n) is 20.8. The Balaban J connectivity index is 1.37. The van der Waals surface area contributed by atoms with E-state index in [0.29, 0.717) is 31.0 Å². The zero-order valence-corrected chi connectivity index (χ0v) is 22.3. The molecule has 1 atom stereocenters. The Bertz CT molecular complexity index is 1320. The maximum Gasteiger partial charge on any atom is 0.491 e. The molecule has 1 N–H and O–H groups in total. The van der Waals surface area contributed by atoms with Gasteiger partial charge in [0.15, 0.2) is 6.61 Å². The predicted molar refractivity (Wildman–Crippen MR) is 135 cm³/mol. The second kappa shape index (κ2) is 12.1. The van der Waals surface area contributed by atoms with E-state index in [2.05, 4.69) is 4.74 Å². The molecule has 214 valence electrons. The van der Waals surface area contributed by atoms with Crippen LogP contribution in [0.5, 0.6) is 17.2 Å². The Morgan fingerprint density at radius 3 is 2.55 bits per heavy atom. The number of benzene rings is 2. The first-order chi connectivity index (χ1) is 18.9. The lowest BCUT2D eigenvalue weighted by Gasteiger charge is -2.39. The van der Waals surface area contributed by atoms with Crippen LogP contribution in [-0.2, 0) is 16.0 Å². The molecule has 2 aromatic rings. The van der Waals surface area contributed by atoms with Gasteiger partial charge in [0.1, 0.15) is 47.2 Å². The van der Waals surface area contributed by atoms with E-state index in [1.54, 1.807) is 12.1 Å². The number of aliphatic hydroxyl groups is 1. The molecule has 0 aromatic heterocycles. The second-order valence-corrected chi connectivity index (χ2v) is 10.2. The Hall–Kier alpha value is -3.24. The van der Waals surface area contributed by atoms with Crippen LogP contribution in [-0.4, -0.2) is 72.7 Å². The lowest BCUT2D eigenvalue weighted by atomic mass is 9.87. The van der Waals surface area contributed by atoms with Crippen molar-refractivity contribution in [3.05, 3.63) is 51.5 Å². The first-order valence-corrected chi connectivity index (χ1v) is 12.8. The topological polar surface area (TPSA) is 118 Å². The lowest BCUT2D eigenvalue weighted by Crippen LogP contribution is -2.49. The Morgan fingerprint density at radius 1 is 1.15 bits per heavy atom. The molecule has 1 spiro atoms. The van der Waals surface area contributed by atoms with E-state index in [-0.39, 0.29) is 35.3 Å². The number of aliphatic hydroxyl groups excluding tert-OH is 1. The van der Waals surface area contributed by atoms with E-state index >= 15 is 0 Å². The molecule has 2 aromatic carbocycles. The summed E-state index contributed by atoms with van der Waals surface area (Å²) in [5, 5.41) is 19.8. The van der Waals surface area contributed by atoms with Crippen LogP contribution in [0.4, 0.5) is 13.2 Å². The van der Waals surface area contributed by atoms with Gasteiger partial charge in [0.2, 0.25) is 0 Å². The van der Waals surface area contributed by atoms with Crippen molar-refractivity contribution in [3.8, 4) is 23.3 Å². The summed E-state index contributed by atoms with van der Waals surface area (Å²) < 4.78 is 58.5. The lowest BCUT2D eigenvalue weighted by molar-refractivity contribution is -0.193. The van der Waals surface area contributed by atoms with Crippen LogP contribution >= 0.6 is 23.2 Å². The number of hydrogen-bond acceptors (Lipinski definition) is 9. The average molecular weight is 603 g/mol. The van der Waals surface area contributed by atoms with Crippen LogP contribution < -0.4 is 14.2 Å². The summed E-state index contributed by atoms with van der Waals surface area (Å²) in [6, 6.07) is 9.21. The number of rotatable bonds is 8. The molecule has 0 amide bonds. The van der Waals surface area contributed by atoms with Crippen molar-refractivity contribution in [2.75, 3.05) is 32.8 Å². The fraction of sp³-hybridized carbons (Fsp3) is 0.423. The molecule has 1 saturated heterocycles. The highest BCUT2D eigenvalue weighted by atomic mass is 35.5. The Labute approximate surface area is 236 Å². The van der Waals surface area contributed by atoms with Crippen molar-refractivity contribution in [1.29, 1.82) is 5.26 Å². The van der Waals surface area contributed by atoms with Crippen molar-refractivity contribution in [3.63, 3.8) is 0 Å². The molecule has 40 heavy (non-hydrogen) atoms. The number of ether oxygens (including phenoxy) is 4. The number of fused-ring (bicyclic) bond motifs is 1. The highest BCUT2D eigenvalue weighted by molar-refractivity contribution is 6.32. The number of likely N-dealkylation sites (tertiary alicyclic amines) is 1. The van der Waals surface area contributed by atoms with Gasteiger partial charge in [-0.3, -0.25) is 0 Å². The molecular weight excluding hydrogens is 580 g/mol. The average Bonchev–Trinajstić information content (AvgIpc) is 3.24. The number of halogens is 5. The second-order valence-electron chi connectivity index (χ2n) is 9.38. The first-order valence-electron chi connectivity index (χ1n) is 12.1. The molecule has 0 radical (unpaired) electrons. The minimum absolute atomic E-state index is 0.105. The third-order valence-electron chi connectivity index (χ3n) is 6.49. The molecule has 2 heterocycles. The van der Waals surface area contributed by atoms with Gasteiger partial charge in [0.05, 0.1) is 5.02 Å². The SMILES string of the molecule is N#CCOc1cc(OC[C@H](O)CN2CCC3(CC2)Cc2cc(Cl)ccc2O3)c(C(=O)OC(=O)C(F)(F)F)cc1Cl. The third-order valence-corrected chi connectivity index (χ3v) is 7.02. The molecule has 9 nitrogen and oxygen atoms in total. The van der Waals surface area contributed by atoms with E-state index < -0.39 is 36.4 Å². The number of nitrogens with zero attached hydrogens (tertiary/aromatic N) is 2. The summed E-state index contributed by atoms with van der Waals surface area (Å²) in [5.74, 6) is -4.03. The Kier molecular flexibility index (Phi) is 8.99. The molecule has 0 bridgehead atoms. The summed E-state index contributed by atoms with van der Waals surface area (Å²) >= 11 is 12.1. The fourth-order valence-electron chi connectivity index (χ4n) is 4.59. The standard InChI is InChI=1S/C26H23Cl2F3N2O7/c27-16-1-2-20-15(9-16)12-25(40-20)3-6-33(7-4-25)13-17(34)14-38-21-11-22(37-8-5-32)19(28)10-18(21)23(35)39-24(36)26(29,30)31/h1-2,9-11,17,34H,3-4,6-8,12-14H2/t17-/m1/s1. The van der Waals surface area contributed by atoms with Gasteiger partial charge < -0.3 is 29.0 Å². The summed E-state index contributed by atoms with van der Waals surface area (Å²) in [5.41, 5.74) is 0.121. The largest absolute Gasteiger partial charge is 0.491 e. The van der Waals surface area contributed by atoms with Crippen molar-refractivity contribution in [1.82, 2.24) is 4.90 Å². The molecular formula is C26H23Cl2F3N2O7. The van der Waals surface area contributed by atoms with E-state index in [1.165, 1.54) is 0 Å². The van der Waals surface area contributed by atoms with Crippen LogP contribution in [0.1, 0.15) is 28.8 Å². The predicted octanol–water partition coefficient (Wildman–Crippen LogP) is 4.35. The van der Waals surface area contributed by atoms with E-state index in [1.807, 2.05) is 17.0 Å². The van der Waals surface area contributed by atoms with Crippen LogP contribution in [0, 0.1) is 11.3 Å². The first kappa shape index (κ1) is 29.7. The van der Waals surface area contributed by atoms with Gasteiger partial charge in [-0.25, -0.2) is 9.59 Å². The molecule has 0 unspecified atom stereocenters. The van der Waals surface area contributed by atoms with E-state index in [0.717, 1.165) is 29.9 Å². The highest BCUT2D eigenvalue weighted by Gasteiger charge is 2.43. The number of piperidine rings is 1. The maximum atomic E-state index is 12.6. The van der Waals surface area contributed by atoms with Gasteiger partial charge in [-0.15, -0.1) is 0 Å². The summed E-state index contributed by atoms with van der Waals surface area (Å²) in [6.07, 6.45) is -4.29. The zero-order chi connectivity index (χ0) is 29.1. The van der Waals surface area contributed by atoms with Crippen molar-refractivity contribution >= 4 is 35.1 Å². The van der Waals surface area contributed by atoms with Gasteiger partial charge in [-0.05, 0) is 29.8 Å².